The highest BCUT2D eigenvalue weighted by atomic mass is 79.9. The molecule has 2 N–H and O–H groups in total. The van der Waals surface area contributed by atoms with E-state index in [1.54, 1.807) is 29.5 Å². The summed E-state index contributed by atoms with van der Waals surface area (Å²) in [7, 11) is 0. The van der Waals surface area contributed by atoms with Gasteiger partial charge in [0.1, 0.15) is 10.8 Å². The lowest BCUT2D eigenvalue weighted by Crippen LogP contribution is -2.34. The molecule has 37 heavy (non-hydrogen) atoms. The highest BCUT2D eigenvalue weighted by molar-refractivity contribution is 9.11. The molecule has 0 unspecified atom stereocenters. The van der Waals surface area contributed by atoms with Crippen LogP contribution in [0.5, 0.6) is 0 Å². The summed E-state index contributed by atoms with van der Waals surface area (Å²) in [4.78, 5) is 28.1. The predicted octanol–water partition coefficient (Wildman–Crippen LogP) is 7.78. The zero-order valence-corrected chi connectivity index (χ0v) is 23.3. The quantitative estimate of drug-likeness (QED) is 0.113. The van der Waals surface area contributed by atoms with Crippen LogP contribution in [-0.2, 0) is 0 Å². The molecule has 0 aliphatic rings. The number of benzene rings is 3. The van der Waals surface area contributed by atoms with E-state index in [0.29, 0.717) is 17.0 Å². The number of carbonyl (C=O) groups is 1. The number of nitro benzene ring substituents is 1. The van der Waals surface area contributed by atoms with E-state index in [-0.39, 0.29) is 16.6 Å². The number of nitro groups is 1. The highest BCUT2D eigenvalue weighted by Crippen LogP contribution is 2.40. The van der Waals surface area contributed by atoms with Crippen LogP contribution in [0, 0.1) is 10.1 Å². The number of furan rings is 1. The Morgan fingerprint density at radius 3 is 2.65 bits per heavy atom. The molecule has 5 rings (SSSR count). The van der Waals surface area contributed by atoms with Crippen LogP contribution in [0.1, 0.15) is 10.6 Å². The number of para-hydroxylation sites is 1. The second-order valence-electron chi connectivity index (χ2n) is 7.68. The van der Waals surface area contributed by atoms with E-state index in [4.69, 9.17) is 21.6 Å². The third-order valence-corrected chi connectivity index (χ3v) is 7.57. The third-order valence-electron chi connectivity index (χ3n) is 5.22. The lowest BCUT2D eigenvalue weighted by Gasteiger charge is -2.14. The molecule has 5 aromatic rings. The standard InChI is InChI=1S/C25H14Br2N4O4S2/c26-14-11-16(24-28-18-6-1-2-7-21(18)37-24)22(17(27)12-14)29-25(36)30-23(32)20-9-8-19(35-20)13-4-3-5-15(10-13)31(33)34/h1-12H,(H2,29,30,32,36). The maximum absolute atomic E-state index is 12.8. The van der Waals surface area contributed by atoms with Crippen molar-refractivity contribution < 1.29 is 14.1 Å². The van der Waals surface area contributed by atoms with E-state index in [1.807, 2.05) is 36.4 Å². The van der Waals surface area contributed by atoms with E-state index in [1.165, 1.54) is 18.2 Å². The molecular weight excluding hydrogens is 644 g/mol. The Morgan fingerprint density at radius 2 is 1.86 bits per heavy atom. The maximum Gasteiger partial charge on any atom is 0.293 e. The van der Waals surface area contributed by atoms with Crippen LogP contribution in [0.4, 0.5) is 11.4 Å². The molecule has 0 fully saturated rings. The molecule has 2 aromatic heterocycles. The normalized spacial score (nSPS) is 10.9. The van der Waals surface area contributed by atoms with Crippen molar-refractivity contribution in [3.63, 3.8) is 0 Å². The van der Waals surface area contributed by atoms with Crippen LogP contribution < -0.4 is 10.6 Å². The summed E-state index contributed by atoms with van der Waals surface area (Å²) in [6, 6.07) is 20.7. The summed E-state index contributed by atoms with van der Waals surface area (Å²) in [5.41, 5.74) is 2.73. The van der Waals surface area contributed by atoms with Crippen molar-refractivity contribution >= 4 is 88.0 Å². The van der Waals surface area contributed by atoms with Crippen LogP contribution in [-0.4, -0.2) is 20.9 Å². The number of hydrogen-bond donors (Lipinski definition) is 2. The number of amides is 1. The molecule has 0 aliphatic carbocycles. The van der Waals surface area contributed by atoms with Gasteiger partial charge in [0.2, 0.25) is 0 Å². The van der Waals surface area contributed by atoms with Gasteiger partial charge in [0.05, 0.1) is 20.8 Å². The van der Waals surface area contributed by atoms with Crippen molar-refractivity contribution in [2.75, 3.05) is 5.32 Å². The first-order valence-corrected chi connectivity index (χ1v) is 13.4. The van der Waals surface area contributed by atoms with Gasteiger partial charge in [-0.3, -0.25) is 20.2 Å². The topological polar surface area (TPSA) is 110 Å². The third kappa shape index (κ3) is 5.47. The van der Waals surface area contributed by atoms with E-state index in [2.05, 4.69) is 42.5 Å². The van der Waals surface area contributed by atoms with Gasteiger partial charge in [-0.1, -0.05) is 40.2 Å². The summed E-state index contributed by atoms with van der Waals surface area (Å²) in [5.74, 6) is -0.239. The van der Waals surface area contributed by atoms with E-state index in [0.717, 1.165) is 29.7 Å². The molecule has 2 heterocycles. The Labute approximate surface area is 236 Å². The monoisotopic (exact) mass is 656 g/mol. The minimum Gasteiger partial charge on any atom is -0.451 e. The van der Waals surface area contributed by atoms with Crippen molar-refractivity contribution in [2.24, 2.45) is 0 Å². The fourth-order valence-electron chi connectivity index (χ4n) is 3.55. The Balaban J connectivity index is 1.36. The summed E-state index contributed by atoms with van der Waals surface area (Å²) in [6.07, 6.45) is 0. The molecule has 1 amide bonds. The fourth-order valence-corrected chi connectivity index (χ4v) is 6.06. The lowest BCUT2D eigenvalue weighted by atomic mass is 10.1. The number of nitrogens with one attached hydrogen (secondary N) is 2. The molecule has 0 atom stereocenters. The van der Waals surface area contributed by atoms with Gasteiger partial charge in [0.15, 0.2) is 10.9 Å². The summed E-state index contributed by atoms with van der Waals surface area (Å²) < 4.78 is 8.25. The summed E-state index contributed by atoms with van der Waals surface area (Å²) in [5, 5.41) is 17.6. The average molecular weight is 658 g/mol. The number of fused-ring (bicyclic) bond motifs is 1. The van der Waals surface area contributed by atoms with Crippen LogP contribution in [0.15, 0.2) is 86.2 Å². The first kappa shape index (κ1) is 25.2. The molecule has 0 spiro atoms. The van der Waals surface area contributed by atoms with E-state index < -0.39 is 10.8 Å². The van der Waals surface area contributed by atoms with Gasteiger partial charge in [0, 0.05) is 32.2 Å². The lowest BCUT2D eigenvalue weighted by molar-refractivity contribution is -0.384. The Bertz CT molecular complexity index is 1670. The minimum atomic E-state index is -0.566. The molecule has 0 radical (unpaired) electrons. The van der Waals surface area contributed by atoms with Gasteiger partial charge >= 0.3 is 0 Å². The molecule has 0 aliphatic heterocycles. The number of thiocarbonyl (C=S) groups is 1. The first-order chi connectivity index (χ1) is 17.8. The van der Waals surface area contributed by atoms with Crippen LogP contribution in [0.25, 0.3) is 32.1 Å². The maximum atomic E-state index is 12.8. The number of non-ortho nitro benzene ring substituents is 1. The Kier molecular flexibility index (Phi) is 7.15. The van der Waals surface area contributed by atoms with Crippen LogP contribution >= 0.6 is 55.4 Å². The van der Waals surface area contributed by atoms with Crippen molar-refractivity contribution in [1.82, 2.24) is 10.3 Å². The second kappa shape index (κ2) is 10.5. The zero-order valence-electron chi connectivity index (χ0n) is 18.5. The van der Waals surface area contributed by atoms with Gasteiger partial charge in [-0.2, -0.15) is 0 Å². The van der Waals surface area contributed by atoms with Crippen molar-refractivity contribution in [3.05, 3.63) is 97.6 Å². The number of carbonyl (C=O) groups excluding carboxylic acids is 1. The Hall–Kier alpha value is -3.45. The summed E-state index contributed by atoms with van der Waals surface area (Å²) >= 11 is 14.1. The molecule has 12 heteroatoms. The first-order valence-electron chi connectivity index (χ1n) is 10.6. The van der Waals surface area contributed by atoms with Gasteiger partial charge in [-0.15, -0.1) is 11.3 Å². The van der Waals surface area contributed by atoms with E-state index in [9.17, 15) is 14.9 Å². The molecule has 8 nitrogen and oxygen atoms in total. The smallest absolute Gasteiger partial charge is 0.293 e. The van der Waals surface area contributed by atoms with Crippen molar-refractivity contribution in [2.45, 2.75) is 0 Å². The van der Waals surface area contributed by atoms with Gasteiger partial charge in [-0.25, -0.2) is 4.98 Å². The largest absolute Gasteiger partial charge is 0.451 e. The SMILES string of the molecule is O=C(NC(=S)Nc1c(Br)cc(Br)cc1-c1nc2ccccc2s1)c1ccc(-c2cccc([N+](=O)[O-])c2)o1. The number of aromatic nitrogens is 1. The highest BCUT2D eigenvalue weighted by Gasteiger charge is 2.19. The number of hydrogen-bond acceptors (Lipinski definition) is 7. The minimum absolute atomic E-state index is 0.00641. The van der Waals surface area contributed by atoms with Crippen molar-refractivity contribution in [1.29, 1.82) is 0 Å². The molecule has 3 aromatic carbocycles. The zero-order chi connectivity index (χ0) is 26.1. The molecule has 0 saturated heterocycles. The van der Waals surface area contributed by atoms with Gasteiger partial charge < -0.3 is 9.73 Å². The number of rotatable bonds is 5. The number of halogens is 2. The Morgan fingerprint density at radius 1 is 1.05 bits per heavy atom. The molecular formula is C25H14Br2N4O4S2. The van der Waals surface area contributed by atoms with Gasteiger partial charge in [-0.05, 0) is 64.5 Å². The molecule has 0 bridgehead atoms. The molecule has 0 saturated carbocycles. The fraction of sp³-hybridized carbons (Fsp3) is 0. The second-order valence-corrected chi connectivity index (χ2v) is 10.9. The predicted molar refractivity (Wildman–Crippen MR) is 155 cm³/mol. The average Bonchev–Trinajstić information content (AvgIpc) is 3.53. The number of nitrogens with zero attached hydrogens (tertiary/aromatic N) is 2. The van der Waals surface area contributed by atoms with E-state index >= 15 is 0 Å². The number of thiazole rings is 1. The summed E-state index contributed by atoms with van der Waals surface area (Å²) in [6.45, 7) is 0. The number of anilines is 1. The van der Waals surface area contributed by atoms with Crippen LogP contribution in [0.2, 0.25) is 0 Å². The van der Waals surface area contributed by atoms with Crippen LogP contribution in [0.3, 0.4) is 0 Å². The van der Waals surface area contributed by atoms with Crippen molar-refractivity contribution in [3.8, 4) is 21.9 Å². The van der Waals surface area contributed by atoms with Gasteiger partial charge in [0.25, 0.3) is 11.6 Å². The molecule has 184 valence electrons.